The van der Waals surface area contributed by atoms with Crippen molar-refractivity contribution in [2.24, 2.45) is 0 Å². The Morgan fingerprint density at radius 2 is 2.06 bits per heavy atom. The van der Waals surface area contributed by atoms with Crippen molar-refractivity contribution in [1.29, 1.82) is 0 Å². The molecule has 0 aliphatic carbocycles. The van der Waals surface area contributed by atoms with E-state index in [2.05, 4.69) is 0 Å². The number of hydrogen-bond donors (Lipinski definition) is 1. The highest BCUT2D eigenvalue weighted by Crippen LogP contribution is 2.37. The normalized spacial score (nSPS) is 11.9. The van der Waals surface area contributed by atoms with Crippen molar-refractivity contribution in [1.82, 2.24) is 0 Å². The lowest BCUT2D eigenvalue weighted by atomic mass is 9.84. The van der Waals surface area contributed by atoms with Crippen molar-refractivity contribution >= 4 is 12.3 Å². The Morgan fingerprint density at radius 1 is 1.50 bits per heavy atom. The molecule has 0 aliphatic heterocycles. The number of alkyl halides is 2. The summed E-state index contributed by atoms with van der Waals surface area (Å²) in [4.78, 5) is 22.0. The Balaban J connectivity index is 3.62. The van der Waals surface area contributed by atoms with E-state index in [4.69, 9.17) is 9.52 Å². The minimum absolute atomic E-state index is 0.0881. The molecule has 100 valence electrons. The van der Waals surface area contributed by atoms with Crippen LogP contribution in [0.5, 0.6) is 0 Å². The maximum Gasteiger partial charge on any atom is 0.340 e. The molecule has 0 fully saturated rings. The Kier molecular flexibility index (Phi) is 3.88. The average molecular weight is 260 g/mol. The van der Waals surface area contributed by atoms with Gasteiger partial charge in [-0.15, -0.1) is 0 Å². The van der Waals surface area contributed by atoms with Gasteiger partial charge < -0.3 is 9.52 Å². The molecule has 0 saturated heterocycles. The van der Waals surface area contributed by atoms with Gasteiger partial charge in [-0.05, 0) is 6.42 Å². The minimum Gasteiger partial charge on any atom is -0.478 e. The first kappa shape index (κ1) is 14.3. The zero-order chi connectivity index (χ0) is 14.1. The molecule has 0 saturated carbocycles. The Hall–Kier alpha value is -1.72. The van der Waals surface area contributed by atoms with Crippen LogP contribution in [0.15, 0.2) is 4.42 Å². The first-order valence-corrected chi connectivity index (χ1v) is 5.40. The standard InChI is InChI=1S/C12H14F2O4/c1-4-12(2,3)9-7(11(16)17)6(5-15)8(18-9)10(13)14/h5,10H,4H2,1-3H3,(H,16,17). The van der Waals surface area contributed by atoms with Gasteiger partial charge in [-0.2, -0.15) is 0 Å². The summed E-state index contributed by atoms with van der Waals surface area (Å²) in [5.41, 5.74) is -1.78. The molecular weight excluding hydrogens is 246 g/mol. The van der Waals surface area contributed by atoms with Crippen molar-refractivity contribution < 1.29 is 27.9 Å². The van der Waals surface area contributed by atoms with Crippen LogP contribution in [-0.4, -0.2) is 17.4 Å². The SMILES string of the molecule is CCC(C)(C)c1oc(C(F)F)c(C=O)c1C(=O)O. The van der Waals surface area contributed by atoms with Crippen molar-refractivity contribution in [3.8, 4) is 0 Å². The Labute approximate surface area is 103 Å². The zero-order valence-corrected chi connectivity index (χ0v) is 10.3. The van der Waals surface area contributed by atoms with E-state index in [1.165, 1.54) is 0 Å². The fourth-order valence-corrected chi connectivity index (χ4v) is 1.59. The van der Waals surface area contributed by atoms with Gasteiger partial charge in [0.15, 0.2) is 12.0 Å². The number of furan rings is 1. The van der Waals surface area contributed by atoms with E-state index in [9.17, 15) is 18.4 Å². The van der Waals surface area contributed by atoms with E-state index in [0.29, 0.717) is 6.42 Å². The van der Waals surface area contributed by atoms with Crippen molar-refractivity contribution in [3.05, 3.63) is 22.6 Å². The van der Waals surface area contributed by atoms with Crippen LogP contribution in [0.3, 0.4) is 0 Å². The number of carboxylic acid groups (broad SMARTS) is 1. The summed E-state index contributed by atoms with van der Waals surface area (Å²) in [6.45, 7) is 5.11. The molecule has 1 heterocycles. The number of aldehydes is 1. The molecule has 1 rings (SSSR count). The smallest absolute Gasteiger partial charge is 0.340 e. The van der Waals surface area contributed by atoms with Crippen LogP contribution in [0.4, 0.5) is 8.78 Å². The molecule has 0 radical (unpaired) electrons. The summed E-state index contributed by atoms with van der Waals surface area (Å²) >= 11 is 0. The Bertz CT molecular complexity index is 475. The maximum atomic E-state index is 12.7. The van der Waals surface area contributed by atoms with Crippen molar-refractivity contribution in [2.45, 2.75) is 39.0 Å². The summed E-state index contributed by atoms with van der Waals surface area (Å²) in [7, 11) is 0. The third-order valence-electron chi connectivity index (χ3n) is 3.00. The molecule has 0 spiro atoms. The van der Waals surface area contributed by atoms with E-state index in [1.54, 1.807) is 20.8 Å². The topological polar surface area (TPSA) is 67.5 Å². The van der Waals surface area contributed by atoms with Gasteiger partial charge in [-0.3, -0.25) is 4.79 Å². The van der Waals surface area contributed by atoms with Gasteiger partial charge in [0.05, 0.1) is 5.56 Å². The van der Waals surface area contributed by atoms with Gasteiger partial charge in [-0.25, -0.2) is 13.6 Å². The van der Waals surface area contributed by atoms with Gasteiger partial charge in [0.1, 0.15) is 11.3 Å². The molecule has 0 amide bonds. The maximum absolute atomic E-state index is 12.7. The number of carboxylic acids is 1. The highest BCUT2D eigenvalue weighted by molar-refractivity contribution is 5.99. The first-order chi connectivity index (χ1) is 8.26. The number of rotatable bonds is 5. The molecule has 0 bridgehead atoms. The van der Waals surface area contributed by atoms with Gasteiger partial charge in [0.2, 0.25) is 0 Å². The lowest BCUT2D eigenvalue weighted by molar-refractivity contribution is 0.0689. The molecule has 4 nitrogen and oxygen atoms in total. The molecule has 0 aromatic carbocycles. The van der Waals surface area contributed by atoms with Gasteiger partial charge in [-0.1, -0.05) is 20.8 Å². The lowest BCUT2D eigenvalue weighted by Gasteiger charge is -2.20. The van der Waals surface area contributed by atoms with Crippen LogP contribution in [0.25, 0.3) is 0 Å². The van der Waals surface area contributed by atoms with Crippen molar-refractivity contribution in [2.75, 3.05) is 0 Å². The molecule has 0 atom stereocenters. The van der Waals surface area contributed by atoms with Crippen LogP contribution in [0.1, 0.15) is 65.9 Å². The molecule has 0 unspecified atom stereocenters. The molecule has 6 heteroatoms. The van der Waals surface area contributed by atoms with Gasteiger partial charge >= 0.3 is 5.97 Å². The number of hydrogen-bond acceptors (Lipinski definition) is 3. The van der Waals surface area contributed by atoms with E-state index in [1.807, 2.05) is 0 Å². The molecule has 1 aromatic rings. The van der Waals surface area contributed by atoms with Crippen LogP contribution in [0, 0.1) is 0 Å². The molecular formula is C12H14F2O4. The van der Waals surface area contributed by atoms with Crippen LogP contribution < -0.4 is 0 Å². The van der Waals surface area contributed by atoms with Crippen molar-refractivity contribution in [3.63, 3.8) is 0 Å². The minimum atomic E-state index is -3.02. The summed E-state index contributed by atoms with van der Waals surface area (Å²) in [5.74, 6) is -2.40. The number of carbonyl (C=O) groups excluding carboxylic acids is 1. The van der Waals surface area contributed by atoms with Gasteiger partial charge in [0.25, 0.3) is 6.43 Å². The highest BCUT2D eigenvalue weighted by Gasteiger charge is 2.36. The largest absolute Gasteiger partial charge is 0.478 e. The summed E-state index contributed by atoms with van der Waals surface area (Å²) in [6.07, 6.45) is -2.43. The molecule has 0 aliphatic rings. The average Bonchev–Trinajstić information content (AvgIpc) is 2.68. The second-order valence-electron chi connectivity index (χ2n) is 4.55. The lowest BCUT2D eigenvalue weighted by Crippen LogP contribution is -2.18. The second kappa shape index (κ2) is 4.88. The van der Waals surface area contributed by atoms with E-state index >= 15 is 0 Å². The Morgan fingerprint density at radius 3 is 2.39 bits per heavy atom. The highest BCUT2D eigenvalue weighted by atomic mass is 19.3. The predicted molar refractivity (Wildman–Crippen MR) is 59.3 cm³/mol. The van der Waals surface area contributed by atoms with Crippen LogP contribution >= 0.6 is 0 Å². The van der Waals surface area contributed by atoms with Crippen LogP contribution in [0.2, 0.25) is 0 Å². The molecule has 1 N–H and O–H groups in total. The zero-order valence-electron chi connectivity index (χ0n) is 10.3. The quantitative estimate of drug-likeness (QED) is 0.824. The third kappa shape index (κ3) is 2.27. The second-order valence-corrected chi connectivity index (χ2v) is 4.55. The third-order valence-corrected chi connectivity index (χ3v) is 3.00. The number of aromatic carboxylic acids is 1. The van der Waals surface area contributed by atoms with E-state index in [-0.39, 0.29) is 12.0 Å². The van der Waals surface area contributed by atoms with Crippen LogP contribution in [-0.2, 0) is 5.41 Å². The first-order valence-electron chi connectivity index (χ1n) is 5.40. The summed E-state index contributed by atoms with van der Waals surface area (Å²) in [6, 6.07) is 0. The van der Waals surface area contributed by atoms with E-state index in [0.717, 1.165) is 0 Å². The molecule has 18 heavy (non-hydrogen) atoms. The molecule has 1 aromatic heterocycles. The van der Waals surface area contributed by atoms with Gasteiger partial charge in [0, 0.05) is 5.41 Å². The fraction of sp³-hybridized carbons (Fsp3) is 0.500. The number of carbonyl (C=O) groups is 2. The predicted octanol–water partition coefficient (Wildman–Crippen LogP) is 3.42. The summed E-state index contributed by atoms with van der Waals surface area (Å²) < 4.78 is 30.4. The van der Waals surface area contributed by atoms with E-state index < -0.39 is 34.7 Å². The summed E-state index contributed by atoms with van der Waals surface area (Å²) in [5, 5.41) is 9.07. The monoisotopic (exact) mass is 260 g/mol. The fourth-order valence-electron chi connectivity index (χ4n) is 1.59. The number of halogens is 2.